The van der Waals surface area contributed by atoms with Crippen LogP contribution < -0.4 is 10.5 Å². The van der Waals surface area contributed by atoms with E-state index in [-0.39, 0.29) is 18.8 Å². The van der Waals surface area contributed by atoms with Gasteiger partial charge in [0.1, 0.15) is 12.2 Å². The first-order valence-electron chi connectivity index (χ1n) is 7.66. The van der Waals surface area contributed by atoms with Crippen molar-refractivity contribution < 1.29 is 28.2 Å². The van der Waals surface area contributed by atoms with Crippen LogP contribution in [0.4, 0.5) is 4.39 Å². The highest BCUT2D eigenvalue weighted by Crippen LogP contribution is 2.24. The van der Waals surface area contributed by atoms with Crippen molar-refractivity contribution in [3.63, 3.8) is 0 Å². The van der Waals surface area contributed by atoms with Crippen molar-refractivity contribution >= 4 is 11.9 Å². The summed E-state index contributed by atoms with van der Waals surface area (Å²) in [5, 5.41) is 0. The van der Waals surface area contributed by atoms with Crippen LogP contribution in [0.5, 0.6) is 5.75 Å². The summed E-state index contributed by atoms with van der Waals surface area (Å²) in [6.45, 7) is 8.56. The number of hydrogen-bond acceptors (Lipinski definition) is 6. The van der Waals surface area contributed by atoms with E-state index in [2.05, 4.69) is 11.3 Å². The molecule has 1 aromatic rings. The van der Waals surface area contributed by atoms with Crippen LogP contribution in [0, 0.1) is 5.82 Å². The summed E-state index contributed by atoms with van der Waals surface area (Å²) < 4.78 is 28.9. The maximum atomic E-state index is 13.8. The highest BCUT2D eigenvalue weighted by atomic mass is 19.1. The number of ether oxygens (including phenoxy) is 3. The largest absolute Gasteiger partial charge is 0.486 e. The Morgan fingerprint density at radius 3 is 2.44 bits per heavy atom. The number of carbonyl (C=O) groups is 2. The van der Waals surface area contributed by atoms with E-state index < -0.39 is 28.9 Å². The molecule has 0 amide bonds. The SMILES string of the molecule is C=CCOc1cc(CC(N)(C(=O)OC)C(=O)OC(C)(C)C)ccc1F. The van der Waals surface area contributed by atoms with Gasteiger partial charge in [-0.1, -0.05) is 18.7 Å². The van der Waals surface area contributed by atoms with E-state index in [1.807, 2.05) is 0 Å². The number of hydrogen-bond donors (Lipinski definition) is 1. The van der Waals surface area contributed by atoms with E-state index in [0.29, 0.717) is 5.56 Å². The van der Waals surface area contributed by atoms with Gasteiger partial charge in [-0.3, -0.25) is 0 Å². The molecule has 1 unspecified atom stereocenters. The van der Waals surface area contributed by atoms with Crippen molar-refractivity contribution in [1.82, 2.24) is 0 Å². The second kappa shape index (κ2) is 8.11. The van der Waals surface area contributed by atoms with E-state index in [1.165, 1.54) is 24.3 Å². The molecule has 0 heterocycles. The Morgan fingerprint density at radius 1 is 1.28 bits per heavy atom. The summed E-state index contributed by atoms with van der Waals surface area (Å²) in [6.07, 6.45) is 1.23. The lowest BCUT2D eigenvalue weighted by atomic mass is 9.91. The van der Waals surface area contributed by atoms with Gasteiger partial charge in [-0.15, -0.1) is 0 Å². The average molecular weight is 353 g/mol. The van der Waals surface area contributed by atoms with Gasteiger partial charge in [-0.2, -0.15) is 0 Å². The van der Waals surface area contributed by atoms with Crippen LogP contribution in [0.15, 0.2) is 30.9 Å². The van der Waals surface area contributed by atoms with E-state index in [4.69, 9.17) is 15.2 Å². The summed E-state index contributed by atoms with van der Waals surface area (Å²) in [7, 11) is 1.12. The van der Waals surface area contributed by atoms with E-state index in [9.17, 15) is 14.0 Å². The fourth-order valence-corrected chi connectivity index (χ4v) is 2.02. The molecule has 7 heteroatoms. The number of benzene rings is 1. The van der Waals surface area contributed by atoms with Gasteiger partial charge in [0, 0.05) is 6.42 Å². The van der Waals surface area contributed by atoms with Gasteiger partial charge < -0.3 is 19.9 Å². The third-order valence-electron chi connectivity index (χ3n) is 3.15. The molecule has 0 aliphatic rings. The predicted molar refractivity (Wildman–Crippen MR) is 90.6 cm³/mol. The highest BCUT2D eigenvalue weighted by molar-refractivity contribution is 6.05. The first-order valence-corrected chi connectivity index (χ1v) is 7.66. The highest BCUT2D eigenvalue weighted by Gasteiger charge is 2.46. The third-order valence-corrected chi connectivity index (χ3v) is 3.15. The van der Waals surface area contributed by atoms with Gasteiger partial charge in [0.05, 0.1) is 7.11 Å². The zero-order chi connectivity index (χ0) is 19.3. The molecule has 1 aromatic carbocycles. The monoisotopic (exact) mass is 353 g/mol. The molecular weight excluding hydrogens is 329 g/mol. The van der Waals surface area contributed by atoms with Crippen LogP contribution >= 0.6 is 0 Å². The van der Waals surface area contributed by atoms with Crippen molar-refractivity contribution in [2.45, 2.75) is 38.3 Å². The zero-order valence-electron chi connectivity index (χ0n) is 14.9. The smallest absolute Gasteiger partial charge is 0.338 e. The van der Waals surface area contributed by atoms with Crippen LogP contribution in [-0.2, 0) is 25.5 Å². The number of esters is 2. The minimum absolute atomic E-state index is 0.0335. The van der Waals surface area contributed by atoms with Crippen LogP contribution in [0.1, 0.15) is 26.3 Å². The molecule has 25 heavy (non-hydrogen) atoms. The van der Waals surface area contributed by atoms with Gasteiger partial charge in [0.15, 0.2) is 11.6 Å². The zero-order valence-corrected chi connectivity index (χ0v) is 14.9. The second-order valence-electron chi connectivity index (χ2n) is 6.51. The molecule has 138 valence electrons. The van der Waals surface area contributed by atoms with E-state index in [0.717, 1.165) is 7.11 Å². The standard InChI is InChI=1S/C18H24FNO5/c1-6-9-24-14-10-12(7-8-13(14)19)11-18(20,15(21)23-5)16(22)25-17(2,3)4/h6-8,10H,1,9,11,20H2,2-5H3. The van der Waals surface area contributed by atoms with Crippen LogP contribution in [0.2, 0.25) is 0 Å². The molecule has 1 rings (SSSR count). The van der Waals surface area contributed by atoms with Crippen molar-refractivity contribution in [2.24, 2.45) is 5.73 Å². The van der Waals surface area contributed by atoms with Crippen LogP contribution in [0.25, 0.3) is 0 Å². The molecule has 0 aliphatic carbocycles. The Kier molecular flexibility index (Phi) is 6.70. The lowest BCUT2D eigenvalue weighted by molar-refractivity contribution is -0.170. The van der Waals surface area contributed by atoms with Crippen LogP contribution in [0.3, 0.4) is 0 Å². The van der Waals surface area contributed by atoms with E-state index >= 15 is 0 Å². The Hall–Kier alpha value is -2.41. The number of rotatable bonds is 7. The van der Waals surface area contributed by atoms with Crippen molar-refractivity contribution in [3.05, 3.63) is 42.2 Å². The Labute approximate surface area is 146 Å². The molecule has 0 bridgehead atoms. The summed E-state index contributed by atoms with van der Waals surface area (Å²) in [6, 6.07) is 3.94. The molecule has 6 nitrogen and oxygen atoms in total. The molecule has 2 N–H and O–H groups in total. The lowest BCUT2D eigenvalue weighted by Crippen LogP contribution is -2.59. The van der Waals surface area contributed by atoms with Crippen LogP contribution in [-0.4, -0.2) is 36.8 Å². The number of nitrogens with two attached hydrogens (primary N) is 1. The van der Waals surface area contributed by atoms with Crippen molar-refractivity contribution in [3.8, 4) is 5.75 Å². The maximum Gasteiger partial charge on any atom is 0.338 e. The normalized spacial score (nSPS) is 13.5. The summed E-state index contributed by atoms with van der Waals surface area (Å²) in [4.78, 5) is 24.6. The Balaban J connectivity index is 3.16. The first kappa shape index (κ1) is 20.6. The molecule has 0 aromatic heterocycles. The minimum Gasteiger partial charge on any atom is -0.486 e. The van der Waals surface area contributed by atoms with Gasteiger partial charge in [-0.25, -0.2) is 14.0 Å². The Bertz CT molecular complexity index is 653. The number of halogens is 1. The molecular formula is C18H24FNO5. The fourth-order valence-electron chi connectivity index (χ4n) is 2.02. The second-order valence-corrected chi connectivity index (χ2v) is 6.51. The summed E-state index contributed by atoms with van der Waals surface area (Å²) in [5.41, 5.74) is 3.54. The molecule has 0 aliphatic heterocycles. The third kappa shape index (κ3) is 5.56. The average Bonchev–Trinajstić information content (AvgIpc) is 2.52. The fraction of sp³-hybridized carbons (Fsp3) is 0.444. The molecule has 0 spiro atoms. The predicted octanol–water partition coefficient (Wildman–Crippen LogP) is 2.15. The molecule has 0 saturated carbocycles. The van der Waals surface area contributed by atoms with Crippen molar-refractivity contribution in [2.75, 3.05) is 13.7 Å². The van der Waals surface area contributed by atoms with Gasteiger partial charge >= 0.3 is 11.9 Å². The molecule has 0 fully saturated rings. The summed E-state index contributed by atoms with van der Waals surface area (Å²) in [5.74, 6) is -2.48. The Morgan fingerprint density at radius 2 is 1.92 bits per heavy atom. The first-order chi connectivity index (χ1) is 11.5. The quantitative estimate of drug-likeness (QED) is 0.459. The minimum atomic E-state index is -2.06. The van der Waals surface area contributed by atoms with Crippen molar-refractivity contribution in [1.29, 1.82) is 0 Å². The lowest BCUT2D eigenvalue weighted by Gasteiger charge is -2.29. The molecule has 1 atom stereocenters. The summed E-state index contributed by atoms with van der Waals surface area (Å²) >= 11 is 0. The number of carbonyl (C=O) groups excluding carboxylic acids is 2. The van der Waals surface area contributed by atoms with Gasteiger partial charge in [0.2, 0.25) is 5.54 Å². The van der Waals surface area contributed by atoms with Gasteiger partial charge in [0.25, 0.3) is 0 Å². The van der Waals surface area contributed by atoms with Gasteiger partial charge in [-0.05, 0) is 38.5 Å². The maximum absolute atomic E-state index is 13.8. The number of methoxy groups -OCH3 is 1. The molecule has 0 saturated heterocycles. The van der Waals surface area contributed by atoms with E-state index in [1.54, 1.807) is 20.8 Å². The molecule has 0 radical (unpaired) electrons. The topological polar surface area (TPSA) is 87.9 Å².